The topological polar surface area (TPSA) is 89.7 Å². The minimum Gasteiger partial charge on any atom is -0.452 e. The SMILES string of the molecule is O=C(OCc1nc2ccccc2o1)c1ccc(S(=O)(=O)N2CCCC2)cc1. The van der Waals surface area contributed by atoms with Crippen LogP contribution in [0.2, 0.25) is 0 Å². The van der Waals surface area contributed by atoms with E-state index in [2.05, 4.69) is 4.98 Å². The number of aromatic nitrogens is 1. The second-order valence-electron chi connectivity index (χ2n) is 6.29. The molecule has 1 saturated heterocycles. The van der Waals surface area contributed by atoms with Crippen LogP contribution in [0.5, 0.6) is 0 Å². The number of ether oxygens (including phenoxy) is 1. The van der Waals surface area contributed by atoms with Crippen LogP contribution in [-0.4, -0.2) is 36.8 Å². The summed E-state index contributed by atoms with van der Waals surface area (Å²) in [7, 11) is -3.50. The fourth-order valence-electron chi connectivity index (χ4n) is 3.03. The van der Waals surface area contributed by atoms with E-state index in [4.69, 9.17) is 9.15 Å². The normalized spacial score (nSPS) is 15.3. The summed E-state index contributed by atoms with van der Waals surface area (Å²) in [6.07, 6.45) is 1.75. The number of oxazole rings is 1. The molecule has 0 saturated carbocycles. The van der Waals surface area contributed by atoms with E-state index in [1.165, 1.54) is 28.6 Å². The summed E-state index contributed by atoms with van der Waals surface area (Å²) >= 11 is 0. The Bertz CT molecular complexity index is 1030. The van der Waals surface area contributed by atoms with Gasteiger partial charge >= 0.3 is 5.97 Å². The predicted octanol–water partition coefficient (Wildman–Crippen LogP) is 2.97. The Kier molecular flexibility index (Phi) is 4.67. The monoisotopic (exact) mass is 386 g/mol. The molecule has 1 aromatic heterocycles. The van der Waals surface area contributed by atoms with E-state index < -0.39 is 16.0 Å². The maximum absolute atomic E-state index is 12.5. The van der Waals surface area contributed by atoms with Crippen molar-refractivity contribution in [2.75, 3.05) is 13.1 Å². The van der Waals surface area contributed by atoms with E-state index in [1.807, 2.05) is 18.2 Å². The summed E-state index contributed by atoms with van der Waals surface area (Å²) < 4.78 is 37.2. The van der Waals surface area contributed by atoms with Crippen LogP contribution < -0.4 is 0 Å². The predicted molar refractivity (Wildman–Crippen MR) is 97.6 cm³/mol. The fraction of sp³-hybridized carbons (Fsp3) is 0.263. The first-order chi connectivity index (χ1) is 13.0. The van der Waals surface area contributed by atoms with Crippen molar-refractivity contribution in [1.29, 1.82) is 0 Å². The van der Waals surface area contributed by atoms with Gasteiger partial charge in [0.25, 0.3) is 0 Å². The molecule has 0 radical (unpaired) electrons. The average molecular weight is 386 g/mol. The molecule has 1 aliphatic rings. The van der Waals surface area contributed by atoms with Crippen molar-refractivity contribution in [1.82, 2.24) is 9.29 Å². The molecule has 0 spiro atoms. The van der Waals surface area contributed by atoms with E-state index in [1.54, 1.807) is 6.07 Å². The molecule has 0 atom stereocenters. The van der Waals surface area contributed by atoms with Gasteiger partial charge in [0.15, 0.2) is 12.2 Å². The summed E-state index contributed by atoms with van der Waals surface area (Å²) in [6, 6.07) is 13.1. The van der Waals surface area contributed by atoms with Crippen LogP contribution in [0.4, 0.5) is 0 Å². The zero-order chi connectivity index (χ0) is 18.9. The van der Waals surface area contributed by atoms with Gasteiger partial charge in [0.05, 0.1) is 10.5 Å². The van der Waals surface area contributed by atoms with Gasteiger partial charge in [-0.25, -0.2) is 18.2 Å². The maximum Gasteiger partial charge on any atom is 0.338 e. The molecule has 0 bridgehead atoms. The number of fused-ring (bicyclic) bond motifs is 1. The van der Waals surface area contributed by atoms with Crippen molar-refractivity contribution in [3.8, 4) is 0 Å². The lowest BCUT2D eigenvalue weighted by Gasteiger charge is -2.15. The second-order valence-corrected chi connectivity index (χ2v) is 8.22. The van der Waals surface area contributed by atoms with Crippen LogP contribution in [0.3, 0.4) is 0 Å². The number of carbonyl (C=O) groups excluding carboxylic acids is 1. The molecule has 2 aromatic carbocycles. The fourth-order valence-corrected chi connectivity index (χ4v) is 4.55. The van der Waals surface area contributed by atoms with Gasteiger partial charge in [0, 0.05) is 13.1 Å². The van der Waals surface area contributed by atoms with Crippen molar-refractivity contribution in [3.63, 3.8) is 0 Å². The minimum absolute atomic E-state index is 0.0959. The molecule has 140 valence electrons. The van der Waals surface area contributed by atoms with Crippen LogP contribution in [0, 0.1) is 0 Å². The van der Waals surface area contributed by atoms with Crippen molar-refractivity contribution < 1.29 is 22.4 Å². The van der Waals surface area contributed by atoms with Crippen LogP contribution >= 0.6 is 0 Å². The number of esters is 1. The number of sulfonamides is 1. The Morgan fingerprint density at radius 2 is 1.78 bits per heavy atom. The molecule has 0 unspecified atom stereocenters. The highest BCUT2D eigenvalue weighted by Gasteiger charge is 2.27. The van der Waals surface area contributed by atoms with Crippen molar-refractivity contribution >= 4 is 27.1 Å². The Morgan fingerprint density at radius 3 is 2.48 bits per heavy atom. The first-order valence-electron chi connectivity index (χ1n) is 8.66. The summed E-state index contributed by atoms with van der Waals surface area (Å²) in [5.74, 6) is -0.264. The standard InChI is InChI=1S/C19H18N2O5S/c22-19(25-13-18-20-16-5-1-2-6-17(16)26-18)14-7-9-15(10-8-14)27(23,24)21-11-3-4-12-21/h1-2,5-10H,3-4,11-13H2. The smallest absolute Gasteiger partial charge is 0.338 e. The number of nitrogens with zero attached hydrogens (tertiary/aromatic N) is 2. The Balaban J connectivity index is 1.43. The van der Waals surface area contributed by atoms with E-state index in [0.29, 0.717) is 30.1 Å². The number of rotatable bonds is 5. The largest absolute Gasteiger partial charge is 0.452 e. The zero-order valence-electron chi connectivity index (χ0n) is 14.5. The summed E-state index contributed by atoms with van der Waals surface area (Å²) in [4.78, 5) is 16.6. The Labute approximate surface area is 156 Å². The third kappa shape index (κ3) is 3.58. The quantitative estimate of drug-likeness (QED) is 0.626. The van der Waals surface area contributed by atoms with Crippen LogP contribution in [0.1, 0.15) is 29.1 Å². The molecule has 3 aromatic rings. The molecule has 1 aliphatic heterocycles. The van der Waals surface area contributed by atoms with Crippen LogP contribution in [0.15, 0.2) is 57.8 Å². The minimum atomic E-state index is -3.50. The summed E-state index contributed by atoms with van der Waals surface area (Å²) in [5, 5.41) is 0. The van der Waals surface area contributed by atoms with Crippen LogP contribution in [0.25, 0.3) is 11.1 Å². The van der Waals surface area contributed by atoms with Gasteiger partial charge in [-0.3, -0.25) is 0 Å². The lowest BCUT2D eigenvalue weighted by Crippen LogP contribution is -2.27. The molecule has 27 heavy (non-hydrogen) atoms. The van der Waals surface area contributed by atoms with E-state index >= 15 is 0 Å². The summed E-state index contributed by atoms with van der Waals surface area (Å²) in [5.41, 5.74) is 1.59. The van der Waals surface area contributed by atoms with Gasteiger partial charge in [-0.15, -0.1) is 0 Å². The molecule has 0 aliphatic carbocycles. The highest BCUT2D eigenvalue weighted by molar-refractivity contribution is 7.89. The molecule has 0 amide bonds. The van der Waals surface area contributed by atoms with Crippen molar-refractivity contribution in [2.45, 2.75) is 24.3 Å². The number of carbonyl (C=O) groups is 1. The third-order valence-electron chi connectivity index (χ3n) is 4.46. The number of hydrogen-bond acceptors (Lipinski definition) is 6. The molecule has 1 fully saturated rings. The van der Waals surface area contributed by atoms with E-state index in [-0.39, 0.29) is 17.1 Å². The first-order valence-corrected chi connectivity index (χ1v) is 10.1. The van der Waals surface area contributed by atoms with Crippen molar-refractivity contribution in [2.24, 2.45) is 0 Å². The van der Waals surface area contributed by atoms with Gasteiger partial charge in [-0.05, 0) is 49.2 Å². The molecule has 4 rings (SSSR count). The Hall–Kier alpha value is -2.71. The zero-order valence-corrected chi connectivity index (χ0v) is 15.3. The lowest BCUT2D eigenvalue weighted by atomic mass is 10.2. The van der Waals surface area contributed by atoms with Gasteiger partial charge < -0.3 is 9.15 Å². The van der Waals surface area contributed by atoms with Crippen LogP contribution in [-0.2, 0) is 21.4 Å². The van der Waals surface area contributed by atoms with Gasteiger partial charge in [-0.2, -0.15) is 4.31 Å². The number of hydrogen-bond donors (Lipinski definition) is 0. The highest BCUT2D eigenvalue weighted by Crippen LogP contribution is 2.21. The molecular formula is C19H18N2O5S. The molecule has 2 heterocycles. The Morgan fingerprint density at radius 1 is 1.07 bits per heavy atom. The summed E-state index contributed by atoms with van der Waals surface area (Å²) in [6.45, 7) is 0.981. The molecular weight excluding hydrogens is 368 g/mol. The first kappa shape index (κ1) is 17.7. The second kappa shape index (κ2) is 7.13. The van der Waals surface area contributed by atoms with E-state index in [9.17, 15) is 13.2 Å². The van der Waals surface area contributed by atoms with Crippen molar-refractivity contribution in [3.05, 3.63) is 60.0 Å². The number of benzene rings is 2. The van der Waals surface area contributed by atoms with Gasteiger partial charge in [0.2, 0.25) is 15.9 Å². The molecule has 8 heteroatoms. The van der Waals surface area contributed by atoms with Gasteiger partial charge in [0.1, 0.15) is 5.52 Å². The lowest BCUT2D eigenvalue weighted by molar-refractivity contribution is 0.0440. The molecule has 7 nitrogen and oxygen atoms in total. The molecule has 0 N–H and O–H groups in total. The average Bonchev–Trinajstić information content (AvgIpc) is 3.36. The maximum atomic E-state index is 12.5. The van der Waals surface area contributed by atoms with E-state index in [0.717, 1.165) is 12.8 Å². The highest BCUT2D eigenvalue weighted by atomic mass is 32.2. The third-order valence-corrected chi connectivity index (χ3v) is 6.37. The van der Waals surface area contributed by atoms with Gasteiger partial charge in [-0.1, -0.05) is 12.1 Å². The number of para-hydroxylation sites is 2.